The largest absolute Gasteiger partial charge is 0.503 e. The van der Waals surface area contributed by atoms with Crippen LogP contribution in [0.4, 0.5) is 0 Å². The lowest BCUT2D eigenvalue weighted by Crippen LogP contribution is -2.11. The number of hydrogen-bond acceptors (Lipinski definition) is 3. The molecule has 0 bridgehead atoms. The summed E-state index contributed by atoms with van der Waals surface area (Å²) >= 11 is 1.67. The highest BCUT2D eigenvalue weighted by molar-refractivity contribution is 7.13. The Labute approximate surface area is 75.8 Å². The van der Waals surface area contributed by atoms with Crippen molar-refractivity contribution >= 4 is 11.3 Å². The van der Waals surface area contributed by atoms with Crippen LogP contribution in [0.3, 0.4) is 0 Å². The molecule has 2 nitrogen and oxygen atoms in total. The number of rotatable bonds is 1. The zero-order valence-electron chi connectivity index (χ0n) is 7.42. The van der Waals surface area contributed by atoms with Gasteiger partial charge >= 0.3 is 0 Å². The van der Waals surface area contributed by atoms with Crippen LogP contribution in [-0.4, -0.2) is 5.11 Å². The van der Waals surface area contributed by atoms with Crippen LogP contribution in [-0.2, 0) is 0 Å². The van der Waals surface area contributed by atoms with Gasteiger partial charge in [0.25, 0.3) is 0 Å². The van der Waals surface area contributed by atoms with Gasteiger partial charge in [-0.3, -0.25) is 0 Å². The van der Waals surface area contributed by atoms with Crippen LogP contribution in [0.15, 0.2) is 0 Å². The van der Waals surface area contributed by atoms with Crippen molar-refractivity contribution in [3.05, 3.63) is 9.75 Å². The van der Waals surface area contributed by atoms with E-state index in [2.05, 4.69) is 13.8 Å². The maximum absolute atomic E-state index is 9.64. The lowest BCUT2D eigenvalue weighted by atomic mass is 10.1. The minimum absolute atomic E-state index is 0.184. The van der Waals surface area contributed by atoms with E-state index >= 15 is 0 Å². The fourth-order valence-electron chi connectivity index (χ4n) is 1.39. The summed E-state index contributed by atoms with van der Waals surface area (Å²) in [5.41, 5.74) is 0. The molecule has 3 heteroatoms. The first-order valence-corrected chi connectivity index (χ1v) is 4.95. The Bertz CT molecular complexity index is 315. The molecule has 0 spiro atoms. The predicted octanol–water partition coefficient (Wildman–Crippen LogP) is 3.03. The SMILES string of the molecule is CC(C)c1sc2c(c1O)OC2C. The van der Waals surface area contributed by atoms with Crippen molar-refractivity contribution in [1.29, 1.82) is 0 Å². The van der Waals surface area contributed by atoms with Crippen molar-refractivity contribution in [2.45, 2.75) is 32.8 Å². The molecule has 0 saturated heterocycles. The first kappa shape index (κ1) is 7.92. The lowest BCUT2D eigenvalue weighted by molar-refractivity contribution is 0.165. The molecular weight excluding hydrogens is 172 g/mol. The quantitative estimate of drug-likeness (QED) is 0.727. The van der Waals surface area contributed by atoms with E-state index in [1.165, 1.54) is 4.88 Å². The maximum atomic E-state index is 9.64. The van der Waals surface area contributed by atoms with Gasteiger partial charge in [0.05, 0.1) is 9.75 Å². The molecule has 2 heterocycles. The highest BCUT2D eigenvalue weighted by Crippen LogP contribution is 2.54. The van der Waals surface area contributed by atoms with E-state index in [9.17, 15) is 5.11 Å². The summed E-state index contributed by atoms with van der Waals surface area (Å²) < 4.78 is 5.31. The van der Waals surface area contributed by atoms with Crippen molar-refractivity contribution in [3.8, 4) is 11.5 Å². The summed E-state index contributed by atoms with van der Waals surface area (Å²) in [5, 5.41) is 9.64. The fraction of sp³-hybridized carbons (Fsp3) is 0.556. The van der Waals surface area contributed by atoms with Gasteiger partial charge < -0.3 is 9.84 Å². The van der Waals surface area contributed by atoms with E-state index in [1.807, 2.05) is 6.92 Å². The summed E-state index contributed by atoms with van der Waals surface area (Å²) in [7, 11) is 0. The molecule has 0 amide bonds. The van der Waals surface area contributed by atoms with Crippen LogP contribution in [0.2, 0.25) is 0 Å². The highest BCUT2D eigenvalue weighted by atomic mass is 32.1. The van der Waals surface area contributed by atoms with Gasteiger partial charge in [-0.05, 0) is 12.8 Å². The Kier molecular flexibility index (Phi) is 1.58. The molecule has 1 atom stereocenters. The Morgan fingerprint density at radius 1 is 1.50 bits per heavy atom. The smallest absolute Gasteiger partial charge is 0.179 e. The van der Waals surface area contributed by atoms with Crippen LogP contribution in [0.1, 0.15) is 42.5 Å². The Hall–Kier alpha value is -0.700. The average molecular weight is 184 g/mol. The van der Waals surface area contributed by atoms with Crippen LogP contribution >= 0.6 is 11.3 Å². The third kappa shape index (κ3) is 0.860. The van der Waals surface area contributed by atoms with Crippen molar-refractivity contribution < 1.29 is 9.84 Å². The molecule has 0 aromatic carbocycles. The molecule has 12 heavy (non-hydrogen) atoms. The lowest BCUT2D eigenvalue weighted by Gasteiger charge is -2.23. The second kappa shape index (κ2) is 2.39. The number of hydrogen-bond donors (Lipinski definition) is 1. The topological polar surface area (TPSA) is 29.5 Å². The molecule has 2 rings (SSSR count). The van der Waals surface area contributed by atoms with Gasteiger partial charge in [0, 0.05) is 0 Å². The van der Waals surface area contributed by atoms with Crippen molar-refractivity contribution in [2.75, 3.05) is 0 Å². The summed E-state index contributed by atoms with van der Waals surface area (Å²) in [4.78, 5) is 2.24. The Morgan fingerprint density at radius 2 is 2.17 bits per heavy atom. The molecule has 0 radical (unpaired) electrons. The van der Waals surface area contributed by atoms with E-state index in [-0.39, 0.29) is 6.10 Å². The van der Waals surface area contributed by atoms with Gasteiger partial charge in [0.2, 0.25) is 0 Å². The predicted molar refractivity (Wildman–Crippen MR) is 49.1 cm³/mol. The van der Waals surface area contributed by atoms with Crippen LogP contribution in [0, 0.1) is 0 Å². The van der Waals surface area contributed by atoms with E-state index in [0.29, 0.717) is 11.7 Å². The molecule has 1 aliphatic rings. The summed E-state index contributed by atoms with van der Waals surface area (Å²) in [6.45, 7) is 6.16. The van der Waals surface area contributed by atoms with Crippen molar-refractivity contribution in [2.24, 2.45) is 0 Å². The molecule has 1 N–H and O–H groups in total. The standard InChI is InChI=1S/C9H12O2S/c1-4(2)8-6(10)7-9(12-8)5(3)11-7/h4-5,10H,1-3H3. The monoisotopic (exact) mass is 184 g/mol. The van der Waals surface area contributed by atoms with Crippen molar-refractivity contribution in [3.63, 3.8) is 0 Å². The van der Waals surface area contributed by atoms with Crippen LogP contribution in [0.25, 0.3) is 0 Å². The van der Waals surface area contributed by atoms with Gasteiger partial charge in [-0.1, -0.05) is 13.8 Å². The van der Waals surface area contributed by atoms with Crippen LogP contribution in [0.5, 0.6) is 11.5 Å². The van der Waals surface area contributed by atoms with Gasteiger partial charge in [-0.15, -0.1) is 11.3 Å². The Morgan fingerprint density at radius 3 is 2.58 bits per heavy atom. The first-order chi connectivity index (χ1) is 5.61. The fourth-order valence-corrected chi connectivity index (χ4v) is 2.50. The molecule has 1 aliphatic heterocycles. The molecule has 0 saturated carbocycles. The second-order valence-corrected chi connectivity index (χ2v) is 4.51. The third-order valence-corrected chi connectivity index (χ3v) is 3.70. The summed E-state index contributed by atoms with van der Waals surface area (Å²) in [6, 6.07) is 0. The molecule has 1 aromatic heterocycles. The van der Waals surface area contributed by atoms with Gasteiger partial charge in [-0.25, -0.2) is 0 Å². The van der Waals surface area contributed by atoms with Gasteiger partial charge in [-0.2, -0.15) is 0 Å². The van der Waals surface area contributed by atoms with Crippen LogP contribution < -0.4 is 4.74 Å². The van der Waals surface area contributed by atoms with Gasteiger partial charge in [0.15, 0.2) is 11.5 Å². The third-order valence-electron chi connectivity index (χ3n) is 2.08. The zero-order valence-corrected chi connectivity index (χ0v) is 8.23. The molecule has 0 fully saturated rings. The first-order valence-electron chi connectivity index (χ1n) is 4.13. The molecule has 1 aromatic rings. The Balaban J connectivity index is 2.47. The maximum Gasteiger partial charge on any atom is 0.179 e. The molecule has 1 unspecified atom stereocenters. The normalized spacial score (nSPS) is 20.2. The van der Waals surface area contributed by atoms with E-state index in [4.69, 9.17) is 4.74 Å². The minimum atomic E-state index is 0.184. The number of aromatic hydroxyl groups is 1. The van der Waals surface area contributed by atoms with E-state index < -0.39 is 0 Å². The summed E-state index contributed by atoms with van der Waals surface area (Å²) in [5.74, 6) is 1.47. The van der Waals surface area contributed by atoms with Gasteiger partial charge in [0.1, 0.15) is 6.10 Å². The number of fused-ring (bicyclic) bond motifs is 1. The number of ether oxygens (including phenoxy) is 1. The minimum Gasteiger partial charge on any atom is -0.503 e. The molecule has 66 valence electrons. The second-order valence-electron chi connectivity index (χ2n) is 3.42. The average Bonchev–Trinajstić information content (AvgIpc) is 2.23. The molecular formula is C9H12O2S. The van der Waals surface area contributed by atoms with Crippen molar-refractivity contribution in [1.82, 2.24) is 0 Å². The number of thiophene rings is 1. The zero-order chi connectivity index (χ0) is 8.88. The summed E-state index contributed by atoms with van der Waals surface area (Å²) in [6.07, 6.45) is 0.184. The highest BCUT2D eigenvalue weighted by Gasteiger charge is 2.33. The molecule has 0 aliphatic carbocycles. The van der Waals surface area contributed by atoms with E-state index in [1.54, 1.807) is 11.3 Å². The van der Waals surface area contributed by atoms with E-state index in [0.717, 1.165) is 10.6 Å².